The topological polar surface area (TPSA) is 52.7 Å². The van der Waals surface area contributed by atoms with Crippen LogP contribution in [0.1, 0.15) is 27.7 Å². The molecule has 0 aromatic rings. The summed E-state index contributed by atoms with van der Waals surface area (Å²) >= 11 is 0. The third kappa shape index (κ3) is 4.20. The molecule has 0 aromatic carbocycles. The summed E-state index contributed by atoms with van der Waals surface area (Å²) in [6.07, 6.45) is 0. The summed E-state index contributed by atoms with van der Waals surface area (Å²) < 4.78 is 0. The number of amides is 2. The molecule has 19 heavy (non-hydrogen) atoms. The van der Waals surface area contributed by atoms with Gasteiger partial charge in [-0.15, -0.1) is 0 Å². The number of carbonyl (C=O) groups excluding carboxylic acids is 2. The van der Waals surface area contributed by atoms with Gasteiger partial charge >= 0.3 is 0 Å². The Balaban J connectivity index is 2.60. The van der Waals surface area contributed by atoms with Gasteiger partial charge in [-0.3, -0.25) is 9.59 Å². The van der Waals surface area contributed by atoms with Crippen molar-refractivity contribution in [1.82, 2.24) is 15.1 Å². The van der Waals surface area contributed by atoms with Crippen LogP contribution in [0.25, 0.3) is 0 Å². The largest absolute Gasteiger partial charge is 0.355 e. The maximum Gasteiger partial charge on any atom is 0.237 e. The minimum Gasteiger partial charge on any atom is -0.355 e. The van der Waals surface area contributed by atoms with Crippen LogP contribution in [0, 0.1) is 11.3 Å². The monoisotopic (exact) mass is 269 g/mol. The number of hydrogen-bond acceptors (Lipinski definition) is 3. The molecule has 1 fully saturated rings. The van der Waals surface area contributed by atoms with Crippen LogP contribution >= 0.6 is 0 Å². The van der Waals surface area contributed by atoms with Gasteiger partial charge in [-0.2, -0.15) is 0 Å². The molecule has 0 atom stereocenters. The molecule has 1 N–H and O–H groups in total. The first-order chi connectivity index (χ1) is 8.75. The minimum absolute atomic E-state index is 0.0677. The lowest BCUT2D eigenvalue weighted by Gasteiger charge is -2.36. The summed E-state index contributed by atoms with van der Waals surface area (Å²) in [7, 11) is 2.04. The second-order valence-electron chi connectivity index (χ2n) is 6.32. The molecule has 5 nitrogen and oxygen atoms in total. The van der Waals surface area contributed by atoms with E-state index in [2.05, 4.69) is 10.2 Å². The van der Waals surface area contributed by atoms with Gasteiger partial charge in [-0.05, 0) is 26.8 Å². The van der Waals surface area contributed by atoms with Crippen molar-refractivity contribution in [2.24, 2.45) is 11.3 Å². The molecule has 1 aliphatic heterocycles. The highest BCUT2D eigenvalue weighted by Crippen LogP contribution is 2.20. The van der Waals surface area contributed by atoms with Crippen LogP contribution < -0.4 is 5.32 Å². The van der Waals surface area contributed by atoms with Crippen LogP contribution in [0.4, 0.5) is 0 Å². The predicted octanol–water partition coefficient (Wildman–Crippen LogP) is 0.559. The molecule has 1 saturated heterocycles. The normalized spacial score (nSPS) is 17.7. The Morgan fingerprint density at radius 2 is 1.68 bits per heavy atom. The first-order valence-corrected chi connectivity index (χ1v) is 7.01. The maximum atomic E-state index is 12.5. The maximum absolute atomic E-state index is 12.5. The minimum atomic E-state index is -0.981. The van der Waals surface area contributed by atoms with Gasteiger partial charge in [0.2, 0.25) is 11.8 Å². The zero-order chi connectivity index (χ0) is 14.6. The summed E-state index contributed by atoms with van der Waals surface area (Å²) in [5.74, 6) is 0.144. The van der Waals surface area contributed by atoms with Gasteiger partial charge in [0.05, 0.1) is 0 Å². The molecule has 0 bridgehead atoms. The lowest BCUT2D eigenvalue weighted by molar-refractivity contribution is -0.149. The third-order valence-electron chi connectivity index (χ3n) is 3.56. The number of nitrogens with one attached hydrogen (secondary N) is 1. The van der Waals surface area contributed by atoms with Crippen LogP contribution in [0.2, 0.25) is 0 Å². The quantitative estimate of drug-likeness (QED) is 0.759. The fourth-order valence-corrected chi connectivity index (χ4v) is 2.02. The predicted molar refractivity (Wildman–Crippen MR) is 75.7 cm³/mol. The molecule has 2 amide bonds. The van der Waals surface area contributed by atoms with Crippen molar-refractivity contribution in [2.45, 2.75) is 27.7 Å². The molecule has 0 radical (unpaired) electrons. The average Bonchev–Trinajstić information content (AvgIpc) is 2.35. The van der Waals surface area contributed by atoms with Crippen LogP contribution in [0.15, 0.2) is 0 Å². The van der Waals surface area contributed by atoms with Gasteiger partial charge < -0.3 is 15.1 Å². The van der Waals surface area contributed by atoms with Crippen molar-refractivity contribution in [1.29, 1.82) is 0 Å². The average molecular weight is 269 g/mol. The number of rotatable bonds is 4. The van der Waals surface area contributed by atoms with Gasteiger partial charge in [-0.25, -0.2) is 0 Å². The zero-order valence-corrected chi connectivity index (χ0v) is 12.8. The lowest BCUT2D eigenvalue weighted by Crippen LogP contribution is -2.55. The summed E-state index contributed by atoms with van der Waals surface area (Å²) in [4.78, 5) is 28.6. The molecule has 1 rings (SSSR count). The molecular weight excluding hydrogens is 242 g/mol. The SMILES string of the molecule is CC(C)CNC(=O)C(C)(C)C(=O)N1CCN(C)CC1. The van der Waals surface area contributed by atoms with Gasteiger partial charge in [0.25, 0.3) is 0 Å². The molecule has 0 spiro atoms. The Kier molecular flexibility index (Phi) is 5.35. The van der Waals surface area contributed by atoms with E-state index in [1.165, 1.54) is 0 Å². The Morgan fingerprint density at radius 1 is 1.16 bits per heavy atom. The molecule has 1 heterocycles. The zero-order valence-electron chi connectivity index (χ0n) is 12.8. The Morgan fingerprint density at radius 3 is 2.16 bits per heavy atom. The molecular formula is C14H27N3O2. The van der Waals surface area contributed by atoms with Crippen molar-refractivity contribution in [3.63, 3.8) is 0 Å². The number of nitrogens with zero attached hydrogens (tertiary/aromatic N) is 2. The first-order valence-electron chi connectivity index (χ1n) is 7.01. The third-order valence-corrected chi connectivity index (χ3v) is 3.56. The van der Waals surface area contributed by atoms with E-state index in [4.69, 9.17) is 0 Å². The van der Waals surface area contributed by atoms with E-state index in [1.807, 2.05) is 20.9 Å². The summed E-state index contributed by atoms with van der Waals surface area (Å²) in [6.45, 7) is 11.3. The number of carbonyl (C=O) groups is 2. The fourth-order valence-electron chi connectivity index (χ4n) is 2.02. The van der Waals surface area contributed by atoms with Crippen molar-refractivity contribution >= 4 is 11.8 Å². The van der Waals surface area contributed by atoms with Crippen LogP contribution in [-0.4, -0.2) is 61.4 Å². The highest BCUT2D eigenvalue weighted by atomic mass is 16.2. The van der Waals surface area contributed by atoms with Crippen LogP contribution in [0.5, 0.6) is 0 Å². The van der Waals surface area contributed by atoms with E-state index >= 15 is 0 Å². The van der Waals surface area contributed by atoms with Gasteiger partial charge in [0, 0.05) is 32.7 Å². The van der Waals surface area contributed by atoms with Gasteiger partial charge in [-0.1, -0.05) is 13.8 Å². The summed E-state index contributed by atoms with van der Waals surface area (Å²) in [6, 6.07) is 0. The van der Waals surface area contributed by atoms with E-state index in [-0.39, 0.29) is 11.8 Å². The van der Waals surface area contributed by atoms with Crippen molar-refractivity contribution in [2.75, 3.05) is 39.8 Å². The number of likely N-dealkylation sites (N-methyl/N-ethyl adjacent to an activating group) is 1. The van der Waals surface area contributed by atoms with Crippen LogP contribution in [-0.2, 0) is 9.59 Å². The highest BCUT2D eigenvalue weighted by Gasteiger charge is 2.39. The molecule has 5 heteroatoms. The fraction of sp³-hybridized carbons (Fsp3) is 0.857. The number of piperazine rings is 1. The highest BCUT2D eigenvalue weighted by molar-refractivity contribution is 6.04. The van der Waals surface area contributed by atoms with E-state index in [9.17, 15) is 9.59 Å². The molecule has 1 aliphatic rings. The lowest BCUT2D eigenvalue weighted by atomic mass is 9.89. The second-order valence-corrected chi connectivity index (χ2v) is 6.32. The Labute approximate surface area is 116 Å². The Hall–Kier alpha value is -1.10. The molecule has 110 valence electrons. The Bertz CT molecular complexity index is 332. The van der Waals surface area contributed by atoms with E-state index in [1.54, 1.807) is 18.7 Å². The second kappa shape index (κ2) is 6.37. The first kappa shape index (κ1) is 16.0. The van der Waals surface area contributed by atoms with Gasteiger partial charge in [0.15, 0.2) is 0 Å². The summed E-state index contributed by atoms with van der Waals surface area (Å²) in [5, 5.41) is 2.85. The summed E-state index contributed by atoms with van der Waals surface area (Å²) in [5.41, 5.74) is -0.981. The molecule has 0 aromatic heterocycles. The van der Waals surface area contributed by atoms with E-state index in [0.717, 1.165) is 13.1 Å². The smallest absolute Gasteiger partial charge is 0.237 e. The van der Waals surface area contributed by atoms with Crippen molar-refractivity contribution < 1.29 is 9.59 Å². The molecule has 0 aliphatic carbocycles. The van der Waals surface area contributed by atoms with Crippen molar-refractivity contribution in [3.8, 4) is 0 Å². The molecule has 0 saturated carbocycles. The van der Waals surface area contributed by atoms with Crippen molar-refractivity contribution in [3.05, 3.63) is 0 Å². The van der Waals surface area contributed by atoms with Gasteiger partial charge in [0.1, 0.15) is 5.41 Å². The molecule has 0 unspecified atom stereocenters. The number of hydrogen-bond donors (Lipinski definition) is 1. The standard InChI is InChI=1S/C14H27N3O2/c1-11(2)10-15-12(18)14(3,4)13(19)17-8-6-16(5)7-9-17/h11H,6-10H2,1-5H3,(H,15,18). The van der Waals surface area contributed by atoms with E-state index < -0.39 is 5.41 Å². The van der Waals surface area contributed by atoms with E-state index in [0.29, 0.717) is 25.6 Å². The van der Waals surface area contributed by atoms with Crippen LogP contribution in [0.3, 0.4) is 0 Å².